The molecule has 0 heterocycles. The number of hydrogen-bond donors (Lipinski definition) is 1. The number of nitro groups is 1. The Morgan fingerprint density at radius 2 is 1.96 bits per heavy atom. The lowest BCUT2D eigenvalue weighted by Crippen LogP contribution is -2.28. The van der Waals surface area contributed by atoms with Gasteiger partial charge in [0.25, 0.3) is 11.6 Å². The fourth-order valence-electron chi connectivity index (χ4n) is 2.42. The number of benzene rings is 2. The monoisotopic (exact) mass is 361 g/mol. The van der Waals surface area contributed by atoms with E-state index in [0.29, 0.717) is 6.54 Å². The van der Waals surface area contributed by atoms with Crippen LogP contribution < -0.4 is 5.32 Å². The van der Waals surface area contributed by atoms with Crippen molar-refractivity contribution in [2.24, 2.45) is 0 Å². The predicted molar refractivity (Wildman–Crippen MR) is 97.8 cm³/mol. The molecule has 0 fully saturated rings. The lowest BCUT2D eigenvalue weighted by molar-refractivity contribution is -0.384. The largest absolute Gasteiger partial charge is 0.352 e. The van der Waals surface area contributed by atoms with Gasteiger partial charge in [-0.1, -0.05) is 41.9 Å². The Labute approximate surface area is 151 Å². The first kappa shape index (κ1) is 18.9. The number of carbonyl (C=O) groups is 1. The van der Waals surface area contributed by atoms with Gasteiger partial charge in [0, 0.05) is 25.2 Å². The van der Waals surface area contributed by atoms with Crippen LogP contribution in [0.1, 0.15) is 22.3 Å². The van der Waals surface area contributed by atoms with Gasteiger partial charge in [-0.15, -0.1) is 0 Å². The lowest BCUT2D eigenvalue weighted by Gasteiger charge is -2.16. The van der Waals surface area contributed by atoms with E-state index in [1.807, 2.05) is 25.2 Å². The van der Waals surface area contributed by atoms with Crippen molar-refractivity contribution in [3.05, 3.63) is 74.8 Å². The molecule has 0 saturated heterocycles. The minimum absolute atomic E-state index is 0.119. The fraction of sp³-hybridized carbons (Fsp3) is 0.278. The van der Waals surface area contributed by atoms with E-state index >= 15 is 0 Å². The predicted octanol–water partition coefficient (Wildman–Crippen LogP) is 3.50. The van der Waals surface area contributed by atoms with Gasteiger partial charge < -0.3 is 10.2 Å². The first-order chi connectivity index (χ1) is 12.0. The summed E-state index contributed by atoms with van der Waals surface area (Å²) in [7, 11) is 2.02. The molecular weight excluding hydrogens is 342 g/mol. The highest BCUT2D eigenvalue weighted by Gasteiger charge is 2.15. The number of halogens is 1. The van der Waals surface area contributed by atoms with Crippen LogP contribution in [-0.2, 0) is 6.54 Å². The normalized spacial score (nSPS) is 10.7. The van der Waals surface area contributed by atoms with Crippen molar-refractivity contribution in [3.63, 3.8) is 0 Å². The second-order valence-corrected chi connectivity index (χ2v) is 6.16. The van der Waals surface area contributed by atoms with E-state index < -0.39 is 10.8 Å². The van der Waals surface area contributed by atoms with Crippen LogP contribution in [0.5, 0.6) is 0 Å². The third-order valence-electron chi connectivity index (χ3n) is 3.70. The molecule has 1 amide bonds. The molecule has 2 rings (SSSR count). The number of rotatable bonds is 8. The summed E-state index contributed by atoms with van der Waals surface area (Å²) >= 11 is 5.96. The summed E-state index contributed by atoms with van der Waals surface area (Å²) in [6.45, 7) is 2.13. The van der Waals surface area contributed by atoms with Crippen LogP contribution in [-0.4, -0.2) is 35.9 Å². The molecule has 0 radical (unpaired) electrons. The maximum Gasteiger partial charge on any atom is 0.270 e. The van der Waals surface area contributed by atoms with E-state index in [4.69, 9.17) is 11.6 Å². The van der Waals surface area contributed by atoms with Gasteiger partial charge in [0.05, 0.1) is 15.5 Å². The zero-order chi connectivity index (χ0) is 18.2. The summed E-state index contributed by atoms with van der Waals surface area (Å²) in [6.07, 6.45) is 0.765. The molecule has 0 aliphatic heterocycles. The van der Waals surface area contributed by atoms with E-state index in [-0.39, 0.29) is 16.3 Å². The quantitative estimate of drug-likeness (QED) is 0.443. The number of nitrogens with one attached hydrogen (secondary N) is 1. The Hall–Kier alpha value is -2.44. The van der Waals surface area contributed by atoms with E-state index in [1.54, 1.807) is 0 Å². The first-order valence-corrected chi connectivity index (χ1v) is 8.30. The Balaban J connectivity index is 1.79. The zero-order valence-electron chi connectivity index (χ0n) is 13.9. The third-order valence-corrected chi connectivity index (χ3v) is 4.03. The van der Waals surface area contributed by atoms with Crippen LogP contribution in [0.2, 0.25) is 5.02 Å². The Bertz CT molecular complexity index is 738. The summed E-state index contributed by atoms with van der Waals surface area (Å²) in [5.74, 6) is -0.403. The minimum atomic E-state index is -0.550. The third kappa shape index (κ3) is 5.85. The van der Waals surface area contributed by atoms with Gasteiger partial charge in [-0.25, -0.2) is 0 Å². The second kappa shape index (κ2) is 9.15. The molecule has 0 bridgehead atoms. The highest BCUT2D eigenvalue weighted by Crippen LogP contribution is 2.21. The molecule has 7 heteroatoms. The van der Waals surface area contributed by atoms with Crippen LogP contribution in [0, 0.1) is 10.1 Å². The highest BCUT2D eigenvalue weighted by atomic mass is 35.5. The van der Waals surface area contributed by atoms with Crippen molar-refractivity contribution in [3.8, 4) is 0 Å². The molecule has 2 aromatic carbocycles. The molecule has 0 aromatic heterocycles. The molecule has 0 unspecified atom stereocenters. The molecule has 0 atom stereocenters. The standard InChI is InChI=1S/C18H20ClN3O3/c1-21(13-14-6-3-2-4-7-14)11-5-10-20-18(23)16-12-15(22(24)25)8-9-17(16)19/h2-4,6-9,12H,5,10-11,13H2,1H3,(H,20,23). The average Bonchev–Trinajstić information content (AvgIpc) is 2.59. The van der Waals surface area contributed by atoms with Crippen molar-refractivity contribution in [2.75, 3.05) is 20.1 Å². The number of carbonyl (C=O) groups excluding carboxylic acids is 1. The average molecular weight is 362 g/mol. The fourth-order valence-corrected chi connectivity index (χ4v) is 2.62. The number of hydrogen-bond acceptors (Lipinski definition) is 4. The minimum Gasteiger partial charge on any atom is -0.352 e. The Kier molecular flexibility index (Phi) is 6.91. The van der Waals surface area contributed by atoms with Crippen LogP contribution >= 0.6 is 11.6 Å². The van der Waals surface area contributed by atoms with Gasteiger partial charge in [-0.3, -0.25) is 14.9 Å². The molecule has 0 spiro atoms. The van der Waals surface area contributed by atoms with E-state index in [9.17, 15) is 14.9 Å². The van der Waals surface area contributed by atoms with E-state index in [2.05, 4.69) is 22.3 Å². The van der Waals surface area contributed by atoms with Crippen LogP contribution in [0.25, 0.3) is 0 Å². The van der Waals surface area contributed by atoms with Crippen molar-refractivity contribution < 1.29 is 9.72 Å². The molecule has 0 aliphatic carbocycles. The van der Waals surface area contributed by atoms with Gasteiger partial charge in [0.15, 0.2) is 0 Å². The van der Waals surface area contributed by atoms with Gasteiger partial charge in [0.1, 0.15) is 0 Å². The molecule has 0 aliphatic rings. The lowest BCUT2D eigenvalue weighted by atomic mass is 10.2. The zero-order valence-corrected chi connectivity index (χ0v) is 14.7. The summed E-state index contributed by atoms with van der Waals surface area (Å²) < 4.78 is 0. The molecule has 132 valence electrons. The highest BCUT2D eigenvalue weighted by molar-refractivity contribution is 6.33. The molecule has 6 nitrogen and oxygen atoms in total. The SMILES string of the molecule is CN(CCCNC(=O)c1cc([N+](=O)[O-])ccc1Cl)Cc1ccccc1. The van der Waals surface area contributed by atoms with Gasteiger partial charge >= 0.3 is 0 Å². The van der Waals surface area contributed by atoms with Crippen molar-refractivity contribution in [2.45, 2.75) is 13.0 Å². The maximum atomic E-state index is 12.1. The van der Waals surface area contributed by atoms with Crippen molar-refractivity contribution >= 4 is 23.2 Å². The van der Waals surface area contributed by atoms with Crippen molar-refractivity contribution in [1.82, 2.24) is 10.2 Å². The molecule has 0 saturated carbocycles. The van der Waals surface area contributed by atoms with Gasteiger partial charge in [0.2, 0.25) is 0 Å². The molecule has 2 aromatic rings. The smallest absolute Gasteiger partial charge is 0.270 e. The Morgan fingerprint density at radius 3 is 2.64 bits per heavy atom. The van der Waals surface area contributed by atoms with Crippen LogP contribution in [0.15, 0.2) is 48.5 Å². The summed E-state index contributed by atoms with van der Waals surface area (Å²) in [4.78, 5) is 24.6. The van der Waals surface area contributed by atoms with E-state index in [1.165, 1.54) is 23.8 Å². The molecule has 25 heavy (non-hydrogen) atoms. The number of nitrogens with zero attached hydrogens (tertiary/aromatic N) is 2. The summed E-state index contributed by atoms with van der Waals surface area (Å²) in [5.41, 5.74) is 1.20. The maximum absolute atomic E-state index is 12.1. The molecule has 1 N–H and O–H groups in total. The topological polar surface area (TPSA) is 75.5 Å². The summed E-state index contributed by atoms with van der Waals surface area (Å²) in [5, 5.41) is 13.7. The van der Waals surface area contributed by atoms with Gasteiger partial charge in [-0.2, -0.15) is 0 Å². The second-order valence-electron chi connectivity index (χ2n) is 5.75. The van der Waals surface area contributed by atoms with Crippen LogP contribution in [0.3, 0.4) is 0 Å². The number of amides is 1. The number of nitro benzene ring substituents is 1. The molecular formula is C18H20ClN3O3. The Morgan fingerprint density at radius 1 is 1.24 bits per heavy atom. The number of non-ortho nitro benzene ring substituents is 1. The summed E-state index contributed by atoms with van der Waals surface area (Å²) in [6, 6.07) is 14.0. The van der Waals surface area contributed by atoms with Crippen LogP contribution in [0.4, 0.5) is 5.69 Å². The van der Waals surface area contributed by atoms with E-state index in [0.717, 1.165) is 19.5 Å². The van der Waals surface area contributed by atoms with Gasteiger partial charge in [-0.05, 0) is 31.6 Å². The van der Waals surface area contributed by atoms with Crippen molar-refractivity contribution in [1.29, 1.82) is 0 Å². The first-order valence-electron chi connectivity index (χ1n) is 7.92.